The van der Waals surface area contributed by atoms with Gasteiger partial charge in [0.1, 0.15) is 0 Å². The number of hydrogen-bond acceptors (Lipinski definition) is 1. The second-order valence-corrected chi connectivity index (χ2v) is 13.5. The lowest BCUT2D eigenvalue weighted by Crippen LogP contribution is -1.92. The van der Waals surface area contributed by atoms with E-state index in [0.29, 0.717) is 0 Å². The molecular weight excluding hydrogens is 627 g/mol. The van der Waals surface area contributed by atoms with E-state index >= 15 is 0 Å². The second-order valence-electron chi connectivity index (χ2n) is 13.5. The summed E-state index contributed by atoms with van der Waals surface area (Å²) in [5, 5.41) is 8.49. The molecule has 10 aromatic rings. The van der Waals surface area contributed by atoms with Crippen LogP contribution in [-0.2, 0) is 0 Å². The highest BCUT2D eigenvalue weighted by Crippen LogP contribution is 2.46. The average molecular weight is 660 g/mol. The zero-order valence-corrected chi connectivity index (χ0v) is 28.5. The fourth-order valence-electron chi connectivity index (χ4n) is 8.04. The number of rotatable bonds is 5. The molecule has 0 spiro atoms. The predicted molar refractivity (Wildman–Crippen MR) is 221 cm³/mol. The van der Waals surface area contributed by atoms with Crippen LogP contribution in [0.25, 0.3) is 98.9 Å². The summed E-state index contributed by atoms with van der Waals surface area (Å²) >= 11 is 0. The molecule has 9 aromatic carbocycles. The van der Waals surface area contributed by atoms with Crippen LogP contribution >= 0.6 is 0 Å². The van der Waals surface area contributed by atoms with Crippen LogP contribution in [0.5, 0.6) is 0 Å². The van der Waals surface area contributed by atoms with Crippen molar-refractivity contribution in [3.05, 3.63) is 200 Å². The molecule has 0 aliphatic rings. The Hall–Kier alpha value is -6.83. The second kappa shape index (κ2) is 12.5. The first-order valence-electron chi connectivity index (χ1n) is 17.9. The molecule has 52 heavy (non-hydrogen) atoms. The van der Waals surface area contributed by atoms with Crippen LogP contribution in [0, 0.1) is 0 Å². The van der Waals surface area contributed by atoms with Gasteiger partial charge >= 0.3 is 0 Å². The Kier molecular flexibility index (Phi) is 7.22. The van der Waals surface area contributed by atoms with Crippen molar-refractivity contribution in [3.8, 4) is 55.6 Å². The van der Waals surface area contributed by atoms with E-state index in [1.165, 1.54) is 88.0 Å². The molecule has 0 unspecified atom stereocenters. The molecule has 0 fully saturated rings. The Bertz CT molecular complexity index is 2910. The fourth-order valence-corrected chi connectivity index (χ4v) is 8.04. The number of nitrogens with zero attached hydrogens (tertiary/aromatic N) is 1. The Morgan fingerprint density at radius 2 is 0.769 bits per heavy atom. The van der Waals surface area contributed by atoms with E-state index in [4.69, 9.17) is 4.98 Å². The molecule has 0 amide bonds. The van der Waals surface area contributed by atoms with E-state index in [0.717, 1.165) is 10.9 Å². The summed E-state index contributed by atoms with van der Waals surface area (Å²) in [6, 6.07) is 70.5. The molecule has 0 atom stereocenters. The maximum atomic E-state index is 4.88. The Morgan fingerprint density at radius 3 is 1.40 bits per heavy atom. The molecule has 10 rings (SSSR count). The zero-order valence-electron chi connectivity index (χ0n) is 28.5. The first-order chi connectivity index (χ1) is 25.8. The highest BCUT2D eigenvalue weighted by molar-refractivity contribution is 6.22. The third kappa shape index (κ3) is 5.06. The summed E-state index contributed by atoms with van der Waals surface area (Å²) < 4.78 is 0. The van der Waals surface area contributed by atoms with Crippen molar-refractivity contribution in [2.24, 2.45) is 0 Å². The van der Waals surface area contributed by atoms with Gasteiger partial charge in [-0.25, -0.2) is 0 Å². The SMILES string of the molecule is c1ccc(-c2ccc(-c3c4ccccc4c(-c4ccc(-c5ccccc5)cc4)c4cc(-c5cccc6ccc7cccnc7c56)ccc34)cc2)cc1. The van der Waals surface area contributed by atoms with Crippen molar-refractivity contribution < 1.29 is 0 Å². The van der Waals surface area contributed by atoms with Gasteiger partial charge in [0.2, 0.25) is 0 Å². The molecule has 1 aromatic heterocycles. The highest BCUT2D eigenvalue weighted by atomic mass is 14.6. The summed E-state index contributed by atoms with van der Waals surface area (Å²) in [6.45, 7) is 0. The van der Waals surface area contributed by atoms with Gasteiger partial charge in [0.05, 0.1) is 5.52 Å². The largest absolute Gasteiger partial charge is 0.256 e. The molecule has 1 heteroatoms. The molecule has 0 radical (unpaired) electrons. The molecule has 1 nitrogen and oxygen atoms in total. The zero-order chi connectivity index (χ0) is 34.4. The van der Waals surface area contributed by atoms with Crippen molar-refractivity contribution in [1.29, 1.82) is 0 Å². The Balaban J connectivity index is 1.25. The Morgan fingerprint density at radius 1 is 0.288 bits per heavy atom. The third-order valence-electron chi connectivity index (χ3n) is 10.5. The quantitative estimate of drug-likeness (QED) is 0.132. The van der Waals surface area contributed by atoms with Crippen molar-refractivity contribution in [2.75, 3.05) is 0 Å². The maximum Gasteiger partial charge on any atom is 0.0786 e. The van der Waals surface area contributed by atoms with Gasteiger partial charge in [-0.1, -0.05) is 182 Å². The predicted octanol–water partition coefficient (Wildman–Crippen LogP) is 14.0. The number of pyridine rings is 1. The number of fused-ring (bicyclic) bond motifs is 5. The van der Waals surface area contributed by atoms with Gasteiger partial charge in [-0.15, -0.1) is 0 Å². The molecule has 1 heterocycles. The van der Waals surface area contributed by atoms with E-state index in [1.54, 1.807) is 0 Å². The first kappa shape index (κ1) is 30.0. The number of hydrogen-bond donors (Lipinski definition) is 0. The minimum Gasteiger partial charge on any atom is -0.256 e. The summed E-state index contributed by atoms with van der Waals surface area (Å²) in [4.78, 5) is 4.88. The molecule has 0 N–H and O–H groups in total. The van der Waals surface area contributed by atoms with Gasteiger partial charge in [0.15, 0.2) is 0 Å². The van der Waals surface area contributed by atoms with E-state index in [-0.39, 0.29) is 0 Å². The van der Waals surface area contributed by atoms with Crippen LogP contribution in [0.2, 0.25) is 0 Å². The van der Waals surface area contributed by atoms with Crippen LogP contribution in [0.3, 0.4) is 0 Å². The van der Waals surface area contributed by atoms with E-state index in [2.05, 4.69) is 188 Å². The third-order valence-corrected chi connectivity index (χ3v) is 10.5. The number of benzene rings is 9. The van der Waals surface area contributed by atoms with Gasteiger partial charge in [0, 0.05) is 17.0 Å². The minimum absolute atomic E-state index is 1.03. The Labute approximate surface area is 303 Å². The smallest absolute Gasteiger partial charge is 0.0786 e. The lowest BCUT2D eigenvalue weighted by Gasteiger charge is -2.19. The maximum absolute atomic E-state index is 4.88. The molecule has 0 bridgehead atoms. The van der Waals surface area contributed by atoms with Crippen molar-refractivity contribution in [1.82, 2.24) is 4.98 Å². The van der Waals surface area contributed by atoms with Crippen molar-refractivity contribution in [3.63, 3.8) is 0 Å². The molecular formula is C51H33N. The topological polar surface area (TPSA) is 12.9 Å². The van der Waals surface area contributed by atoms with Crippen LogP contribution in [0.15, 0.2) is 200 Å². The van der Waals surface area contributed by atoms with Crippen LogP contribution < -0.4 is 0 Å². The normalized spacial score (nSPS) is 11.5. The van der Waals surface area contributed by atoms with E-state index in [9.17, 15) is 0 Å². The standard InChI is InChI=1S/C51H33N/c1-3-11-34(12-4-1)36-20-24-39(25-21-36)48-44-17-7-8-18-45(44)49(40-26-22-37(23-27-40)35-13-5-2-6-14-35)47-33-42(30-31-46(47)48)43-19-9-15-38-28-29-41-16-10-32-52-51(41)50(38)43/h1-33H. The lowest BCUT2D eigenvalue weighted by molar-refractivity contribution is 1.43. The average Bonchev–Trinajstić information content (AvgIpc) is 3.23. The summed E-state index contributed by atoms with van der Waals surface area (Å²) in [7, 11) is 0. The summed E-state index contributed by atoms with van der Waals surface area (Å²) in [5.74, 6) is 0. The van der Waals surface area contributed by atoms with Gasteiger partial charge < -0.3 is 0 Å². The highest BCUT2D eigenvalue weighted by Gasteiger charge is 2.19. The van der Waals surface area contributed by atoms with Crippen LogP contribution in [0.1, 0.15) is 0 Å². The number of aromatic nitrogens is 1. The molecule has 0 aliphatic carbocycles. The summed E-state index contributed by atoms with van der Waals surface area (Å²) in [5.41, 5.74) is 13.2. The van der Waals surface area contributed by atoms with Gasteiger partial charge in [-0.3, -0.25) is 4.98 Å². The van der Waals surface area contributed by atoms with E-state index in [1.807, 2.05) is 12.3 Å². The monoisotopic (exact) mass is 659 g/mol. The van der Waals surface area contributed by atoms with Gasteiger partial charge in [0.25, 0.3) is 0 Å². The molecule has 0 aliphatic heterocycles. The minimum atomic E-state index is 1.03. The molecule has 242 valence electrons. The van der Waals surface area contributed by atoms with Gasteiger partial charge in [-0.2, -0.15) is 0 Å². The first-order valence-corrected chi connectivity index (χ1v) is 17.9. The summed E-state index contributed by atoms with van der Waals surface area (Å²) in [6.07, 6.45) is 1.90. The van der Waals surface area contributed by atoms with Gasteiger partial charge in [-0.05, 0) is 94.7 Å². The molecule has 0 saturated heterocycles. The fraction of sp³-hybridized carbons (Fsp3) is 0. The van der Waals surface area contributed by atoms with Crippen molar-refractivity contribution in [2.45, 2.75) is 0 Å². The van der Waals surface area contributed by atoms with Crippen LogP contribution in [0.4, 0.5) is 0 Å². The lowest BCUT2D eigenvalue weighted by atomic mass is 9.84. The van der Waals surface area contributed by atoms with Crippen molar-refractivity contribution >= 4 is 43.2 Å². The van der Waals surface area contributed by atoms with E-state index < -0.39 is 0 Å². The van der Waals surface area contributed by atoms with Crippen LogP contribution in [-0.4, -0.2) is 4.98 Å². The molecule has 0 saturated carbocycles.